The maximum atomic E-state index is 12.4. The smallest absolute Gasteiger partial charge is 0.222 e. The van der Waals surface area contributed by atoms with Crippen molar-refractivity contribution in [2.75, 3.05) is 7.05 Å². The van der Waals surface area contributed by atoms with Crippen LogP contribution in [0.3, 0.4) is 0 Å². The summed E-state index contributed by atoms with van der Waals surface area (Å²) in [5.74, 6) is 1.24. The third-order valence-electron chi connectivity index (χ3n) is 4.85. The van der Waals surface area contributed by atoms with Gasteiger partial charge in [-0.05, 0) is 38.3 Å². The first kappa shape index (κ1) is 17.6. The summed E-state index contributed by atoms with van der Waals surface area (Å²) in [6.45, 7) is 4.70. The predicted molar refractivity (Wildman–Crippen MR) is 94.1 cm³/mol. The topological polar surface area (TPSA) is 83.3 Å². The number of amides is 1. The fourth-order valence-corrected chi connectivity index (χ4v) is 3.25. The number of pyridine rings is 1. The molecule has 0 saturated carbocycles. The quantitative estimate of drug-likeness (QED) is 0.834. The molecule has 0 aliphatic carbocycles. The lowest BCUT2D eigenvalue weighted by molar-refractivity contribution is -0.131. The highest BCUT2D eigenvalue weighted by atomic mass is 16.5. The molecule has 3 heterocycles. The first-order valence-corrected chi connectivity index (χ1v) is 8.65. The zero-order valence-electron chi connectivity index (χ0n) is 14.9. The SMILES string of the molecule is CC1NNC(C)C1CCC(=O)N(C)Cc1cc(-c2cccnc2)no1. The normalized spacial score (nSPS) is 22.9. The van der Waals surface area contributed by atoms with Crippen molar-refractivity contribution in [3.8, 4) is 11.3 Å². The lowest BCUT2D eigenvalue weighted by Gasteiger charge is -2.20. The fraction of sp³-hybridized carbons (Fsp3) is 0.500. The minimum Gasteiger partial charge on any atom is -0.359 e. The number of carbonyl (C=O) groups excluding carboxylic acids is 1. The number of nitrogens with zero attached hydrogens (tertiary/aromatic N) is 3. The number of nitrogens with one attached hydrogen (secondary N) is 2. The molecule has 0 radical (unpaired) electrons. The van der Waals surface area contributed by atoms with Gasteiger partial charge >= 0.3 is 0 Å². The van der Waals surface area contributed by atoms with Gasteiger partial charge in [-0.15, -0.1) is 0 Å². The van der Waals surface area contributed by atoms with Crippen LogP contribution in [0.15, 0.2) is 35.1 Å². The van der Waals surface area contributed by atoms with Crippen molar-refractivity contribution in [2.45, 2.75) is 45.3 Å². The molecular weight excluding hydrogens is 318 g/mol. The Kier molecular flexibility index (Phi) is 5.45. The van der Waals surface area contributed by atoms with Crippen molar-refractivity contribution in [1.82, 2.24) is 25.9 Å². The van der Waals surface area contributed by atoms with Crippen molar-refractivity contribution in [1.29, 1.82) is 0 Å². The van der Waals surface area contributed by atoms with E-state index in [1.807, 2.05) is 18.2 Å². The van der Waals surface area contributed by atoms with Crippen molar-refractivity contribution in [2.24, 2.45) is 5.92 Å². The van der Waals surface area contributed by atoms with Crippen LogP contribution in [0.4, 0.5) is 0 Å². The molecule has 2 aromatic rings. The Morgan fingerprint density at radius 3 is 2.76 bits per heavy atom. The number of hydrogen-bond acceptors (Lipinski definition) is 6. The molecule has 134 valence electrons. The molecule has 1 amide bonds. The molecule has 0 spiro atoms. The highest BCUT2D eigenvalue weighted by Gasteiger charge is 2.30. The number of hydrazine groups is 1. The van der Waals surface area contributed by atoms with Gasteiger partial charge < -0.3 is 9.42 Å². The minimum atomic E-state index is 0.116. The Morgan fingerprint density at radius 2 is 2.08 bits per heavy atom. The largest absolute Gasteiger partial charge is 0.359 e. The van der Waals surface area contributed by atoms with Gasteiger partial charge in [0.05, 0.1) is 6.54 Å². The summed E-state index contributed by atoms with van der Waals surface area (Å²) in [7, 11) is 1.80. The van der Waals surface area contributed by atoms with Crippen molar-refractivity contribution in [3.05, 3.63) is 36.4 Å². The Hall–Kier alpha value is -2.25. The van der Waals surface area contributed by atoms with Gasteiger partial charge in [-0.1, -0.05) is 5.16 Å². The van der Waals surface area contributed by atoms with Crippen LogP contribution in [0, 0.1) is 5.92 Å². The molecule has 1 aliphatic heterocycles. The van der Waals surface area contributed by atoms with Gasteiger partial charge in [-0.25, -0.2) is 0 Å². The van der Waals surface area contributed by atoms with E-state index in [-0.39, 0.29) is 5.91 Å². The molecule has 2 aromatic heterocycles. The van der Waals surface area contributed by atoms with E-state index in [2.05, 4.69) is 34.8 Å². The van der Waals surface area contributed by atoms with E-state index in [1.54, 1.807) is 24.3 Å². The average Bonchev–Trinajstić information content (AvgIpc) is 3.21. The second-order valence-corrected chi connectivity index (χ2v) is 6.74. The molecule has 3 rings (SSSR count). The van der Waals surface area contributed by atoms with Gasteiger partial charge in [0.25, 0.3) is 0 Å². The summed E-state index contributed by atoms with van der Waals surface area (Å²) < 4.78 is 5.36. The van der Waals surface area contributed by atoms with Gasteiger partial charge in [0.2, 0.25) is 5.91 Å². The van der Waals surface area contributed by atoms with E-state index in [9.17, 15) is 4.79 Å². The number of aromatic nitrogens is 2. The molecule has 7 heteroatoms. The minimum absolute atomic E-state index is 0.116. The standard InChI is InChI=1S/C18H25N5O2/c1-12-16(13(2)21-20-12)6-7-18(24)23(3)11-15-9-17(22-25-15)14-5-4-8-19-10-14/h4-5,8-10,12-13,16,20-21H,6-7,11H2,1-3H3. The zero-order valence-corrected chi connectivity index (χ0v) is 14.9. The summed E-state index contributed by atoms with van der Waals surface area (Å²) in [6.07, 6.45) is 4.85. The zero-order chi connectivity index (χ0) is 17.8. The number of hydrogen-bond donors (Lipinski definition) is 2. The summed E-state index contributed by atoms with van der Waals surface area (Å²) in [6, 6.07) is 6.40. The maximum absolute atomic E-state index is 12.4. The van der Waals surface area contributed by atoms with Gasteiger partial charge in [0.15, 0.2) is 5.76 Å². The number of carbonyl (C=O) groups is 1. The molecule has 0 aromatic carbocycles. The van der Waals surface area contributed by atoms with E-state index in [0.717, 1.165) is 17.7 Å². The van der Waals surface area contributed by atoms with Crippen LogP contribution in [0.2, 0.25) is 0 Å². The van der Waals surface area contributed by atoms with Crippen molar-refractivity contribution in [3.63, 3.8) is 0 Å². The molecule has 1 fully saturated rings. The molecule has 1 aliphatic rings. The molecule has 1 saturated heterocycles. The summed E-state index contributed by atoms with van der Waals surface area (Å²) in [5.41, 5.74) is 8.08. The Labute approximate surface area is 147 Å². The van der Waals surface area contributed by atoms with E-state index < -0.39 is 0 Å². The van der Waals surface area contributed by atoms with Gasteiger partial charge in [0.1, 0.15) is 5.69 Å². The highest BCUT2D eigenvalue weighted by molar-refractivity contribution is 5.75. The lowest BCUT2D eigenvalue weighted by Crippen LogP contribution is -2.30. The first-order valence-electron chi connectivity index (χ1n) is 8.65. The molecule has 25 heavy (non-hydrogen) atoms. The Bertz CT molecular complexity index is 693. The van der Waals surface area contributed by atoms with E-state index in [4.69, 9.17) is 4.52 Å². The summed E-state index contributed by atoms with van der Waals surface area (Å²) >= 11 is 0. The second-order valence-electron chi connectivity index (χ2n) is 6.74. The van der Waals surface area contributed by atoms with Gasteiger partial charge in [-0.2, -0.15) is 0 Å². The van der Waals surface area contributed by atoms with E-state index in [1.165, 1.54) is 0 Å². The van der Waals surface area contributed by atoms with Crippen LogP contribution < -0.4 is 10.9 Å². The maximum Gasteiger partial charge on any atom is 0.222 e. The average molecular weight is 343 g/mol. The third kappa shape index (κ3) is 4.24. The van der Waals surface area contributed by atoms with Crippen LogP contribution in [0.25, 0.3) is 11.3 Å². The number of rotatable bonds is 6. The predicted octanol–water partition coefficient (Wildman–Crippen LogP) is 1.98. The molecule has 2 atom stereocenters. The summed E-state index contributed by atoms with van der Waals surface area (Å²) in [5, 5.41) is 4.06. The summed E-state index contributed by atoms with van der Waals surface area (Å²) in [4.78, 5) is 18.2. The van der Waals surface area contributed by atoms with Crippen molar-refractivity contribution >= 4 is 5.91 Å². The molecule has 7 nitrogen and oxygen atoms in total. The van der Waals surface area contributed by atoms with Crippen LogP contribution in [-0.4, -0.2) is 40.1 Å². The monoisotopic (exact) mass is 343 g/mol. The van der Waals surface area contributed by atoms with Crippen LogP contribution in [0.5, 0.6) is 0 Å². The Balaban J connectivity index is 1.52. The van der Waals surface area contributed by atoms with E-state index >= 15 is 0 Å². The lowest BCUT2D eigenvalue weighted by atomic mass is 9.91. The van der Waals surface area contributed by atoms with E-state index in [0.29, 0.717) is 36.7 Å². The first-order chi connectivity index (χ1) is 12.0. The second kappa shape index (κ2) is 7.76. The van der Waals surface area contributed by atoms with Crippen LogP contribution >= 0.6 is 0 Å². The van der Waals surface area contributed by atoms with Crippen LogP contribution in [-0.2, 0) is 11.3 Å². The Morgan fingerprint density at radius 1 is 1.32 bits per heavy atom. The van der Waals surface area contributed by atoms with Gasteiger partial charge in [0, 0.05) is 49.6 Å². The molecule has 2 N–H and O–H groups in total. The third-order valence-corrected chi connectivity index (χ3v) is 4.85. The molecule has 0 bridgehead atoms. The van der Waals surface area contributed by atoms with Gasteiger partial charge in [-0.3, -0.25) is 20.6 Å². The highest BCUT2D eigenvalue weighted by Crippen LogP contribution is 2.21. The van der Waals surface area contributed by atoms with Crippen LogP contribution in [0.1, 0.15) is 32.4 Å². The fourth-order valence-electron chi connectivity index (χ4n) is 3.25. The molecular formula is C18H25N5O2. The molecule has 2 unspecified atom stereocenters. The van der Waals surface area contributed by atoms with Crippen molar-refractivity contribution < 1.29 is 9.32 Å².